The van der Waals surface area contributed by atoms with Gasteiger partial charge >= 0.3 is 0 Å². The normalized spacial score (nSPS) is 14.9. The molecule has 0 saturated heterocycles. The first-order valence-corrected chi connectivity index (χ1v) is 12.7. The second-order valence-electron chi connectivity index (χ2n) is 7.18. The number of hydrogen-bond acceptors (Lipinski definition) is 6. The van der Waals surface area contributed by atoms with E-state index in [-0.39, 0.29) is 5.75 Å². The summed E-state index contributed by atoms with van der Waals surface area (Å²) in [7, 11) is -2.05. The van der Waals surface area contributed by atoms with Crippen LogP contribution in [-0.2, 0) is 15.8 Å². The summed E-state index contributed by atoms with van der Waals surface area (Å²) in [6, 6.07) is 18.9. The minimum Gasteiger partial charge on any atom is -0.496 e. The summed E-state index contributed by atoms with van der Waals surface area (Å²) >= 11 is 1.59. The highest BCUT2D eigenvalue weighted by molar-refractivity contribution is 7.98. The van der Waals surface area contributed by atoms with Gasteiger partial charge in [0.1, 0.15) is 29.3 Å². The number of hydrogen-bond donors (Lipinski definition) is 1. The molecule has 0 aromatic heterocycles. The van der Waals surface area contributed by atoms with Gasteiger partial charge in [0.25, 0.3) is 0 Å². The van der Waals surface area contributed by atoms with Crippen molar-refractivity contribution in [1.82, 2.24) is 0 Å². The number of primary sulfonamides is 1. The zero-order chi connectivity index (χ0) is 22.0. The first kappa shape index (κ1) is 21.5. The van der Waals surface area contributed by atoms with Gasteiger partial charge < -0.3 is 14.2 Å². The van der Waals surface area contributed by atoms with E-state index in [1.54, 1.807) is 24.9 Å². The molecule has 0 aliphatic carbocycles. The number of rotatable bonds is 7. The molecule has 1 heterocycles. The van der Waals surface area contributed by atoms with E-state index in [2.05, 4.69) is 0 Å². The number of nitrogens with two attached hydrogens (primary N) is 1. The van der Waals surface area contributed by atoms with Crippen LogP contribution in [0, 0.1) is 0 Å². The first-order chi connectivity index (χ1) is 14.9. The van der Waals surface area contributed by atoms with Gasteiger partial charge in [-0.05, 0) is 41.6 Å². The molecule has 1 aliphatic rings. The summed E-state index contributed by atoms with van der Waals surface area (Å²) in [4.78, 5) is 0. The predicted molar refractivity (Wildman–Crippen MR) is 123 cm³/mol. The minimum atomic E-state index is -3.66. The van der Waals surface area contributed by atoms with Crippen LogP contribution in [0.2, 0.25) is 0 Å². The lowest BCUT2D eigenvalue weighted by Gasteiger charge is -2.30. The van der Waals surface area contributed by atoms with Gasteiger partial charge in [0.05, 0.1) is 18.4 Å². The van der Waals surface area contributed by atoms with E-state index < -0.39 is 16.1 Å². The molecular formula is C23H23NO5S2. The number of benzene rings is 3. The number of ether oxygens (including phenoxy) is 3. The van der Waals surface area contributed by atoms with Crippen LogP contribution in [0.25, 0.3) is 11.1 Å². The molecule has 0 saturated carbocycles. The number of fused-ring (bicyclic) bond motifs is 3. The Kier molecular flexibility index (Phi) is 6.13. The Morgan fingerprint density at radius 3 is 2.65 bits per heavy atom. The van der Waals surface area contributed by atoms with E-state index in [9.17, 15) is 8.42 Å². The Bertz CT molecular complexity index is 1210. The SMILES string of the molecule is COc1cccc2c1-c1ccc(CS(N)(=O)=O)cc1C(c1cccc(OCSC)c1)O2. The fourth-order valence-corrected chi connectivity index (χ4v) is 4.65. The van der Waals surface area contributed by atoms with E-state index in [0.717, 1.165) is 28.0 Å². The fraction of sp³-hybridized carbons (Fsp3) is 0.217. The van der Waals surface area contributed by atoms with Crippen molar-refractivity contribution < 1.29 is 22.6 Å². The third-order valence-corrected chi connectivity index (χ3v) is 6.08. The molecule has 3 aromatic carbocycles. The Balaban J connectivity index is 1.86. The van der Waals surface area contributed by atoms with Crippen molar-refractivity contribution >= 4 is 21.8 Å². The Labute approximate surface area is 186 Å². The molecule has 0 spiro atoms. The van der Waals surface area contributed by atoms with Crippen LogP contribution in [0.1, 0.15) is 22.8 Å². The van der Waals surface area contributed by atoms with E-state index in [1.165, 1.54) is 0 Å². The van der Waals surface area contributed by atoms with E-state index in [0.29, 0.717) is 23.0 Å². The van der Waals surface area contributed by atoms with Crippen LogP contribution in [0.3, 0.4) is 0 Å². The summed E-state index contributed by atoms with van der Waals surface area (Å²) in [5, 5.41) is 5.28. The number of sulfonamides is 1. The van der Waals surface area contributed by atoms with Crippen LogP contribution < -0.4 is 19.3 Å². The maximum Gasteiger partial charge on any atom is 0.213 e. The van der Waals surface area contributed by atoms with Crippen molar-refractivity contribution in [2.45, 2.75) is 11.9 Å². The topological polar surface area (TPSA) is 87.9 Å². The molecule has 31 heavy (non-hydrogen) atoms. The third kappa shape index (κ3) is 4.66. The van der Waals surface area contributed by atoms with Crippen molar-refractivity contribution in [3.63, 3.8) is 0 Å². The summed E-state index contributed by atoms with van der Waals surface area (Å²) in [5.41, 5.74) is 4.12. The van der Waals surface area contributed by atoms with Crippen LogP contribution in [0.15, 0.2) is 60.7 Å². The molecular weight excluding hydrogens is 434 g/mol. The van der Waals surface area contributed by atoms with Gasteiger partial charge in [0.2, 0.25) is 10.0 Å². The summed E-state index contributed by atoms with van der Waals surface area (Å²) < 4.78 is 41.1. The molecule has 8 heteroatoms. The van der Waals surface area contributed by atoms with Gasteiger partial charge in [0, 0.05) is 11.1 Å². The molecule has 1 unspecified atom stereocenters. The summed E-state index contributed by atoms with van der Waals surface area (Å²) in [5.74, 6) is 2.43. The predicted octanol–water partition coefficient (Wildman–Crippen LogP) is 4.33. The Hall–Kier alpha value is -2.68. The highest BCUT2D eigenvalue weighted by Crippen LogP contribution is 2.49. The van der Waals surface area contributed by atoms with Crippen LogP contribution in [0.4, 0.5) is 0 Å². The van der Waals surface area contributed by atoms with Gasteiger partial charge in [0.15, 0.2) is 0 Å². The quantitative estimate of drug-likeness (QED) is 0.531. The Morgan fingerprint density at radius 1 is 1.10 bits per heavy atom. The maximum atomic E-state index is 11.7. The molecule has 0 fully saturated rings. The molecule has 6 nitrogen and oxygen atoms in total. The van der Waals surface area contributed by atoms with Gasteiger partial charge in [-0.3, -0.25) is 0 Å². The zero-order valence-corrected chi connectivity index (χ0v) is 18.8. The van der Waals surface area contributed by atoms with Crippen molar-refractivity contribution in [2.24, 2.45) is 5.14 Å². The number of thioether (sulfide) groups is 1. The van der Waals surface area contributed by atoms with Crippen molar-refractivity contribution in [1.29, 1.82) is 0 Å². The highest BCUT2D eigenvalue weighted by atomic mass is 32.2. The molecule has 3 aromatic rings. The minimum absolute atomic E-state index is 0.247. The molecule has 0 bridgehead atoms. The first-order valence-electron chi connectivity index (χ1n) is 9.58. The van der Waals surface area contributed by atoms with E-state index in [4.69, 9.17) is 19.3 Å². The smallest absolute Gasteiger partial charge is 0.213 e. The van der Waals surface area contributed by atoms with Crippen LogP contribution in [0.5, 0.6) is 17.2 Å². The largest absolute Gasteiger partial charge is 0.496 e. The summed E-state index contributed by atoms with van der Waals surface area (Å²) in [6.45, 7) is 0. The van der Waals surface area contributed by atoms with Gasteiger partial charge in [-0.2, -0.15) is 0 Å². The second kappa shape index (κ2) is 8.82. The zero-order valence-electron chi connectivity index (χ0n) is 17.2. The average Bonchev–Trinajstić information content (AvgIpc) is 2.75. The molecule has 2 N–H and O–H groups in total. The molecule has 162 valence electrons. The molecule has 1 atom stereocenters. The van der Waals surface area contributed by atoms with Gasteiger partial charge in [-0.1, -0.05) is 36.4 Å². The van der Waals surface area contributed by atoms with Crippen LogP contribution in [-0.4, -0.2) is 27.7 Å². The van der Waals surface area contributed by atoms with E-state index >= 15 is 0 Å². The Morgan fingerprint density at radius 2 is 1.90 bits per heavy atom. The van der Waals surface area contributed by atoms with Crippen molar-refractivity contribution in [3.8, 4) is 28.4 Å². The highest BCUT2D eigenvalue weighted by Gasteiger charge is 2.30. The number of methoxy groups -OCH3 is 1. The second-order valence-corrected chi connectivity index (χ2v) is 9.61. The third-order valence-electron chi connectivity index (χ3n) is 4.99. The average molecular weight is 458 g/mol. The molecule has 4 rings (SSSR count). The van der Waals surface area contributed by atoms with Gasteiger partial charge in [-0.15, -0.1) is 11.8 Å². The monoisotopic (exact) mass is 457 g/mol. The summed E-state index contributed by atoms with van der Waals surface area (Å²) in [6.07, 6.45) is 1.54. The van der Waals surface area contributed by atoms with E-state index in [1.807, 2.05) is 60.9 Å². The lowest BCUT2D eigenvalue weighted by atomic mass is 9.88. The maximum absolute atomic E-state index is 11.7. The van der Waals surface area contributed by atoms with Crippen molar-refractivity contribution in [3.05, 3.63) is 77.4 Å². The van der Waals surface area contributed by atoms with Crippen LogP contribution >= 0.6 is 11.8 Å². The molecule has 1 aliphatic heterocycles. The molecule has 0 amide bonds. The standard InChI is InChI=1S/C23H23NO5S2/c1-27-20-7-4-8-21-22(20)18-10-9-15(13-31(24,25)26)11-19(18)23(29-21)16-5-3-6-17(12-16)28-14-30-2/h3-12,23H,13-14H2,1-2H3,(H2,24,25,26). The van der Waals surface area contributed by atoms with Crippen molar-refractivity contribution in [2.75, 3.05) is 19.3 Å². The fourth-order valence-electron chi connectivity index (χ4n) is 3.76. The molecule has 0 radical (unpaired) electrons. The lowest BCUT2D eigenvalue weighted by molar-refractivity contribution is 0.241. The van der Waals surface area contributed by atoms with Gasteiger partial charge in [-0.25, -0.2) is 13.6 Å². The lowest BCUT2D eigenvalue weighted by Crippen LogP contribution is -2.18.